The first-order chi connectivity index (χ1) is 5.38. The fourth-order valence-corrected chi connectivity index (χ4v) is 0.848. The van der Waals surface area contributed by atoms with Gasteiger partial charge in [0.25, 0.3) is 0 Å². The van der Waals surface area contributed by atoms with E-state index in [2.05, 4.69) is 6.07 Å². The lowest BCUT2D eigenvalue weighted by Gasteiger charge is -1.93. The lowest BCUT2D eigenvalue weighted by Crippen LogP contribution is -1.82. The maximum Gasteiger partial charge on any atom is 0.0997 e. The van der Waals surface area contributed by atoms with Gasteiger partial charge in [0.1, 0.15) is 0 Å². The van der Waals surface area contributed by atoms with Crippen LogP contribution >= 0.6 is 0 Å². The van der Waals surface area contributed by atoms with Crippen molar-refractivity contribution >= 4 is 6.08 Å². The molecule has 0 fully saturated rings. The average molecular weight is 144 g/mol. The van der Waals surface area contributed by atoms with Crippen LogP contribution in [0.3, 0.4) is 0 Å². The summed E-state index contributed by atoms with van der Waals surface area (Å²) in [6.45, 7) is 0. The van der Waals surface area contributed by atoms with Crippen molar-refractivity contribution in [3.63, 3.8) is 0 Å². The Morgan fingerprint density at radius 2 is 2.09 bits per heavy atom. The maximum absolute atomic E-state index is 8.62. The second kappa shape index (κ2) is 3.43. The third-order valence-corrected chi connectivity index (χ3v) is 1.36. The molecule has 0 heterocycles. The Labute approximate surface area is 65.6 Å². The molecule has 0 radical (unpaired) electrons. The van der Waals surface area contributed by atoms with Crippen LogP contribution < -0.4 is 5.73 Å². The normalized spacial score (nSPS) is 9.73. The predicted octanol–water partition coefficient (Wildman–Crippen LogP) is 1.49. The Morgan fingerprint density at radius 1 is 1.36 bits per heavy atom. The van der Waals surface area contributed by atoms with Crippen LogP contribution in [0, 0.1) is 11.3 Å². The number of hydrogen-bond acceptors (Lipinski definition) is 2. The average Bonchev–Trinajstić information content (AvgIpc) is 2.06. The molecule has 54 valence electrons. The van der Waals surface area contributed by atoms with Crippen molar-refractivity contribution in [2.45, 2.75) is 0 Å². The molecule has 0 aliphatic heterocycles. The van der Waals surface area contributed by atoms with Crippen molar-refractivity contribution in [1.29, 1.82) is 5.26 Å². The van der Waals surface area contributed by atoms with Crippen molar-refractivity contribution in [2.75, 3.05) is 0 Å². The molecule has 0 saturated heterocycles. The molecular weight excluding hydrogens is 136 g/mol. The summed E-state index contributed by atoms with van der Waals surface area (Å²) < 4.78 is 0. The monoisotopic (exact) mass is 144 g/mol. The molecular formula is C9H8N2. The van der Waals surface area contributed by atoms with Gasteiger partial charge in [-0.1, -0.05) is 18.2 Å². The van der Waals surface area contributed by atoms with E-state index in [1.54, 1.807) is 12.1 Å². The largest absolute Gasteiger partial charge is 0.405 e. The van der Waals surface area contributed by atoms with Gasteiger partial charge in [0.15, 0.2) is 0 Å². The number of nitrogens with zero attached hydrogens (tertiary/aromatic N) is 1. The summed E-state index contributed by atoms with van der Waals surface area (Å²) in [4.78, 5) is 0. The summed E-state index contributed by atoms with van der Waals surface area (Å²) in [6, 6.07) is 9.38. The number of nitrogens with two attached hydrogens (primary N) is 1. The van der Waals surface area contributed by atoms with E-state index in [1.807, 2.05) is 18.2 Å². The third kappa shape index (κ3) is 1.59. The summed E-state index contributed by atoms with van der Waals surface area (Å²) in [5, 5.41) is 8.62. The molecule has 0 atom stereocenters. The van der Waals surface area contributed by atoms with Crippen LogP contribution in [0.25, 0.3) is 6.08 Å². The summed E-state index contributed by atoms with van der Waals surface area (Å²) in [5.74, 6) is 0. The van der Waals surface area contributed by atoms with Gasteiger partial charge in [0.2, 0.25) is 0 Å². The second-order valence-electron chi connectivity index (χ2n) is 2.06. The Hall–Kier alpha value is -1.75. The molecule has 0 spiro atoms. The van der Waals surface area contributed by atoms with Gasteiger partial charge >= 0.3 is 0 Å². The van der Waals surface area contributed by atoms with E-state index < -0.39 is 0 Å². The number of hydrogen-bond donors (Lipinski definition) is 1. The lowest BCUT2D eigenvalue weighted by molar-refractivity contribution is 1.47. The van der Waals surface area contributed by atoms with Crippen LogP contribution in [0.2, 0.25) is 0 Å². The van der Waals surface area contributed by atoms with Crippen molar-refractivity contribution in [3.8, 4) is 6.07 Å². The van der Waals surface area contributed by atoms with Crippen LogP contribution in [0.5, 0.6) is 0 Å². The molecule has 0 amide bonds. The highest BCUT2D eigenvalue weighted by atomic mass is 14.5. The minimum atomic E-state index is 0.647. The lowest BCUT2D eigenvalue weighted by atomic mass is 10.1. The van der Waals surface area contributed by atoms with Crippen LogP contribution in [0.4, 0.5) is 0 Å². The van der Waals surface area contributed by atoms with Crippen LogP contribution in [0.1, 0.15) is 11.1 Å². The van der Waals surface area contributed by atoms with Gasteiger partial charge < -0.3 is 5.73 Å². The van der Waals surface area contributed by atoms with E-state index in [0.29, 0.717) is 5.56 Å². The third-order valence-electron chi connectivity index (χ3n) is 1.36. The van der Waals surface area contributed by atoms with E-state index in [0.717, 1.165) is 5.56 Å². The first-order valence-electron chi connectivity index (χ1n) is 3.26. The molecule has 0 saturated carbocycles. The first-order valence-corrected chi connectivity index (χ1v) is 3.26. The Bertz CT molecular complexity index is 308. The summed E-state index contributed by atoms with van der Waals surface area (Å²) in [5.41, 5.74) is 6.70. The molecule has 2 N–H and O–H groups in total. The van der Waals surface area contributed by atoms with E-state index in [1.165, 1.54) is 6.20 Å². The molecule has 0 bridgehead atoms. The molecule has 1 aromatic carbocycles. The fraction of sp³-hybridized carbons (Fsp3) is 0. The van der Waals surface area contributed by atoms with Gasteiger partial charge in [-0.25, -0.2) is 0 Å². The Kier molecular flexibility index (Phi) is 2.29. The van der Waals surface area contributed by atoms with Crippen LogP contribution in [0.15, 0.2) is 30.5 Å². The summed E-state index contributed by atoms with van der Waals surface area (Å²) in [6.07, 6.45) is 3.13. The van der Waals surface area contributed by atoms with Gasteiger partial charge in [-0.05, 0) is 23.9 Å². The fourth-order valence-electron chi connectivity index (χ4n) is 0.848. The van der Waals surface area contributed by atoms with E-state index >= 15 is 0 Å². The zero-order valence-electron chi connectivity index (χ0n) is 5.99. The predicted molar refractivity (Wildman–Crippen MR) is 44.4 cm³/mol. The van der Waals surface area contributed by atoms with Gasteiger partial charge in [-0.15, -0.1) is 0 Å². The minimum Gasteiger partial charge on any atom is -0.405 e. The highest BCUT2D eigenvalue weighted by Crippen LogP contribution is 2.07. The summed E-state index contributed by atoms with van der Waals surface area (Å²) in [7, 11) is 0. The maximum atomic E-state index is 8.62. The van der Waals surface area contributed by atoms with Gasteiger partial charge in [0.05, 0.1) is 11.6 Å². The van der Waals surface area contributed by atoms with E-state index in [4.69, 9.17) is 11.0 Å². The zero-order chi connectivity index (χ0) is 8.10. The van der Waals surface area contributed by atoms with Gasteiger partial charge in [-0.3, -0.25) is 0 Å². The summed E-state index contributed by atoms with van der Waals surface area (Å²) >= 11 is 0. The van der Waals surface area contributed by atoms with Crippen LogP contribution in [-0.4, -0.2) is 0 Å². The Morgan fingerprint density at radius 3 is 2.73 bits per heavy atom. The quantitative estimate of drug-likeness (QED) is 0.649. The standard InChI is InChI=1S/C9H8N2/c10-6-5-8-3-1-2-4-9(8)7-11/h1-6H,10H2/b6-5+. The van der Waals surface area contributed by atoms with Crippen LogP contribution in [-0.2, 0) is 0 Å². The van der Waals surface area contributed by atoms with Crippen molar-refractivity contribution in [2.24, 2.45) is 5.73 Å². The molecule has 1 rings (SSSR count). The molecule has 2 nitrogen and oxygen atoms in total. The van der Waals surface area contributed by atoms with Gasteiger partial charge in [0, 0.05) is 0 Å². The number of benzene rings is 1. The molecule has 2 heteroatoms. The molecule has 0 aromatic heterocycles. The molecule has 11 heavy (non-hydrogen) atoms. The minimum absolute atomic E-state index is 0.647. The van der Waals surface area contributed by atoms with Crippen molar-refractivity contribution in [3.05, 3.63) is 41.6 Å². The topological polar surface area (TPSA) is 49.8 Å². The number of nitriles is 1. The molecule has 0 aliphatic carbocycles. The Balaban J connectivity index is 3.15. The SMILES string of the molecule is N#Cc1ccccc1/C=C/N. The van der Waals surface area contributed by atoms with E-state index in [-0.39, 0.29) is 0 Å². The highest BCUT2D eigenvalue weighted by Gasteiger charge is 1.93. The first kappa shape index (κ1) is 7.36. The second-order valence-corrected chi connectivity index (χ2v) is 2.06. The molecule has 0 unspecified atom stereocenters. The molecule has 1 aromatic rings. The number of rotatable bonds is 1. The van der Waals surface area contributed by atoms with Crippen molar-refractivity contribution < 1.29 is 0 Å². The molecule has 0 aliphatic rings. The van der Waals surface area contributed by atoms with Gasteiger partial charge in [-0.2, -0.15) is 5.26 Å². The highest BCUT2D eigenvalue weighted by molar-refractivity contribution is 5.57. The zero-order valence-corrected chi connectivity index (χ0v) is 5.99. The van der Waals surface area contributed by atoms with Crippen molar-refractivity contribution in [1.82, 2.24) is 0 Å². The van der Waals surface area contributed by atoms with E-state index in [9.17, 15) is 0 Å². The smallest absolute Gasteiger partial charge is 0.0997 e.